The lowest BCUT2D eigenvalue weighted by Crippen LogP contribution is -2.36. The molecule has 0 aromatic heterocycles. The molecule has 4 nitrogen and oxygen atoms in total. The molecule has 2 aromatic carbocycles. The van der Waals surface area contributed by atoms with Gasteiger partial charge in [0.15, 0.2) is 0 Å². The number of rotatable bonds is 4. The molecule has 4 heteroatoms. The summed E-state index contributed by atoms with van der Waals surface area (Å²) in [5, 5.41) is 2.93. The zero-order chi connectivity index (χ0) is 18.2. The van der Waals surface area contributed by atoms with Crippen LogP contribution in [0, 0.1) is 11.8 Å². The van der Waals surface area contributed by atoms with Crippen LogP contribution in [0.1, 0.15) is 36.6 Å². The van der Waals surface area contributed by atoms with Crippen LogP contribution in [0.2, 0.25) is 0 Å². The minimum atomic E-state index is -0.105. The van der Waals surface area contributed by atoms with Crippen LogP contribution < -0.4 is 10.1 Å². The third-order valence-corrected chi connectivity index (χ3v) is 3.67. The molecule has 25 heavy (non-hydrogen) atoms. The number of ether oxygens (including phenoxy) is 1. The van der Waals surface area contributed by atoms with Gasteiger partial charge in [-0.05, 0) is 55.8 Å². The maximum Gasteiger partial charge on any atom is 0.317 e. The number of benzene rings is 2. The van der Waals surface area contributed by atoms with Crippen molar-refractivity contribution in [2.75, 3.05) is 20.7 Å². The fourth-order valence-electron chi connectivity index (χ4n) is 2.20. The molecule has 0 aliphatic rings. The molecule has 0 spiro atoms. The molecule has 1 unspecified atom stereocenters. The van der Waals surface area contributed by atoms with Gasteiger partial charge in [-0.2, -0.15) is 0 Å². The summed E-state index contributed by atoms with van der Waals surface area (Å²) in [5.74, 6) is 7.15. The Hall–Kier alpha value is -2.93. The predicted octanol–water partition coefficient (Wildman–Crippen LogP) is 3.82. The van der Waals surface area contributed by atoms with Crippen LogP contribution in [-0.2, 0) is 0 Å². The summed E-state index contributed by atoms with van der Waals surface area (Å²) in [4.78, 5) is 13.2. The lowest BCUT2D eigenvalue weighted by Gasteiger charge is -2.18. The van der Waals surface area contributed by atoms with Crippen molar-refractivity contribution in [3.8, 4) is 17.6 Å². The largest absolute Gasteiger partial charge is 0.494 e. The first kappa shape index (κ1) is 18.4. The highest BCUT2D eigenvalue weighted by molar-refractivity contribution is 5.74. The molecule has 0 heterocycles. The van der Waals surface area contributed by atoms with Gasteiger partial charge in [0.1, 0.15) is 5.75 Å². The molecule has 0 aliphatic carbocycles. The Balaban J connectivity index is 2.02. The van der Waals surface area contributed by atoms with Crippen molar-refractivity contribution in [3.63, 3.8) is 0 Å². The lowest BCUT2D eigenvalue weighted by atomic mass is 10.1. The first-order chi connectivity index (χ1) is 12.0. The number of amides is 2. The van der Waals surface area contributed by atoms with Gasteiger partial charge in [0, 0.05) is 25.2 Å². The van der Waals surface area contributed by atoms with Gasteiger partial charge in [0.25, 0.3) is 0 Å². The lowest BCUT2D eigenvalue weighted by molar-refractivity contribution is 0.214. The van der Waals surface area contributed by atoms with Gasteiger partial charge in [0.2, 0.25) is 0 Å². The smallest absolute Gasteiger partial charge is 0.317 e. The Morgan fingerprint density at radius 2 is 1.56 bits per heavy atom. The summed E-state index contributed by atoms with van der Waals surface area (Å²) in [7, 11) is 3.45. The van der Waals surface area contributed by atoms with Crippen LogP contribution >= 0.6 is 0 Å². The van der Waals surface area contributed by atoms with E-state index < -0.39 is 0 Å². The quantitative estimate of drug-likeness (QED) is 0.863. The zero-order valence-electron chi connectivity index (χ0n) is 15.2. The van der Waals surface area contributed by atoms with E-state index in [1.807, 2.05) is 62.4 Å². The SMILES string of the molecule is CCOc1ccc(C#Cc2ccc(C(C)NC(=O)N(C)C)cc2)cc1. The van der Waals surface area contributed by atoms with Gasteiger partial charge in [0.05, 0.1) is 12.6 Å². The van der Waals surface area contributed by atoms with Crippen LogP contribution in [0.25, 0.3) is 0 Å². The molecule has 0 radical (unpaired) electrons. The van der Waals surface area contributed by atoms with Crippen molar-refractivity contribution in [3.05, 3.63) is 65.2 Å². The summed E-state index contributed by atoms with van der Waals surface area (Å²) in [6.07, 6.45) is 0. The predicted molar refractivity (Wildman–Crippen MR) is 101 cm³/mol. The number of carbonyl (C=O) groups excluding carboxylic acids is 1. The van der Waals surface area contributed by atoms with Crippen molar-refractivity contribution in [1.29, 1.82) is 0 Å². The summed E-state index contributed by atoms with van der Waals surface area (Å²) in [5.41, 5.74) is 2.92. The molecule has 2 aromatic rings. The number of nitrogens with zero attached hydrogens (tertiary/aromatic N) is 1. The Morgan fingerprint density at radius 1 is 1.04 bits per heavy atom. The van der Waals surface area contributed by atoms with E-state index in [4.69, 9.17) is 4.74 Å². The normalized spacial score (nSPS) is 11.0. The second kappa shape index (κ2) is 8.79. The van der Waals surface area contributed by atoms with E-state index in [1.165, 1.54) is 4.90 Å². The second-order valence-electron chi connectivity index (χ2n) is 5.90. The van der Waals surface area contributed by atoms with E-state index in [-0.39, 0.29) is 12.1 Å². The standard InChI is InChI=1S/C21H24N2O2/c1-5-25-20-14-10-18(11-15-20)7-6-17-8-12-19(13-9-17)16(2)22-21(24)23(3)4/h8-16H,5H2,1-4H3,(H,22,24). The highest BCUT2D eigenvalue weighted by Gasteiger charge is 2.10. The van der Waals surface area contributed by atoms with Crippen LogP contribution in [0.5, 0.6) is 5.75 Å². The zero-order valence-corrected chi connectivity index (χ0v) is 15.2. The number of carbonyl (C=O) groups is 1. The summed E-state index contributed by atoms with van der Waals surface area (Å²) < 4.78 is 5.42. The molecule has 1 atom stereocenters. The minimum Gasteiger partial charge on any atom is -0.494 e. The highest BCUT2D eigenvalue weighted by Crippen LogP contribution is 2.14. The number of hydrogen-bond acceptors (Lipinski definition) is 2. The van der Waals surface area contributed by atoms with E-state index in [0.29, 0.717) is 6.61 Å². The summed E-state index contributed by atoms with van der Waals surface area (Å²) in [6.45, 7) is 4.58. The van der Waals surface area contributed by atoms with E-state index >= 15 is 0 Å². The maximum atomic E-state index is 11.7. The van der Waals surface area contributed by atoms with Crippen molar-refractivity contribution in [2.45, 2.75) is 19.9 Å². The molecular formula is C21H24N2O2. The number of nitrogens with one attached hydrogen (secondary N) is 1. The fraction of sp³-hybridized carbons (Fsp3) is 0.286. The summed E-state index contributed by atoms with van der Waals surface area (Å²) in [6, 6.07) is 15.5. The third-order valence-electron chi connectivity index (χ3n) is 3.67. The van der Waals surface area contributed by atoms with Crippen LogP contribution in [-0.4, -0.2) is 31.6 Å². The Morgan fingerprint density at radius 3 is 2.04 bits per heavy atom. The molecule has 1 N–H and O–H groups in total. The second-order valence-corrected chi connectivity index (χ2v) is 5.90. The van der Waals surface area contributed by atoms with E-state index in [9.17, 15) is 4.79 Å². The Bertz CT molecular complexity index is 753. The number of urea groups is 1. The van der Waals surface area contributed by atoms with E-state index in [1.54, 1.807) is 14.1 Å². The van der Waals surface area contributed by atoms with Gasteiger partial charge in [-0.1, -0.05) is 24.0 Å². The summed E-state index contributed by atoms with van der Waals surface area (Å²) >= 11 is 0. The first-order valence-corrected chi connectivity index (χ1v) is 8.32. The number of hydrogen-bond donors (Lipinski definition) is 1. The average molecular weight is 336 g/mol. The molecule has 0 saturated carbocycles. The maximum absolute atomic E-state index is 11.7. The van der Waals surface area contributed by atoms with Crippen molar-refractivity contribution in [2.24, 2.45) is 0 Å². The molecule has 0 fully saturated rings. The molecular weight excluding hydrogens is 312 g/mol. The van der Waals surface area contributed by atoms with Crippen LogP contribution in [0.4, 0.5) is 4.79 Å². The molecule has 0 saturated heterocycles. The van der Waals surface area contributed by atoms with Crippen LogP contribution in [0.15, 0.2) is 48.5 Å². The highest BCUT2D eigenvalue weighted by atomic mass is 16.5. The van der Waals surface area contributed by atoms with Crippen molar-refractivity contribution in [1.82, 2.24) is 10.2 Å². The Kier molecular flexibility index (Phi) is 6.47. The monoisotopic (exact) mass is 336 g/mol. The van der Waals surface area contributed by atoms with Gasteiger partial charge >= 0.3 is 6.03 Å². The van der Waals surface area contributed by atoms with Crippen molar-refractivity contribution >= 4 is 6.03 Å². The molecule has 2 amide bonds. The van der Waals surface area contributed by atoms with Gasteiger partial charge in [-0.3, -0.25) is 0 Å². The molecule has 2 rings (SSSR count). The van der Waals surface area contributed by atoms with E-state index in [0.717, 1.165) is 22.4 Å². The average Bonchev–Trinajstić information content (AvgIpc) is 2.61. The third kappa shape index (κ3) is 5.58. The molecule has 130 valence electrons. The van der Waals surface area contributed by atoms with Gasteiger partial charge in [-0.25, -0.2) is 4.79 Å². The van der Waals surface area contributed by atoms with Crippen LogP contribution in [0.3, 0.4) is 0 Å². The van der Waals surface area contributed by atoms with Gasteiger partial charge in [-0.15, -0.1) is 0 Å². The first-order valence-electron chi connectivity index (χ1n) is 8.32. The molecule has 0 bridgehead atoms. The van der Waals surface area contributed by atoms with Gasteiger partial charge < -0.3 is 15.0 Å². The molecule has 0 aliphatic heterocycles. The fourth-order valence-corrected chi connectivity index (χ4v) is 2.20. The van der Waals surface area contributed by atoms with E-state index in [2.05, 4.69) is 17.2 Å². The topological polar surface area (TPSA) is 41.6 Å². The minimum absolute atomic E-state index is 0.0528. The Labute approximate surface area is 149 Å². The van der Waals surface area contributed by atoms with Crippen molar-refractivity contribution < 1.29 is 9.53 Å².